The summed E-state index contributed by atoms with van der Waals surface area (Å²) in [6, 6.07) is 5.03. The molecule has 6 heteroatoms. The maximum Gasteiger partial charge on any atom is 0.339 e. The molecule has 1 amide bonds. The van der Waals surface area contributed by atoms with Gasteiger partial charge in [-0.05, 0) is 74.6 Å². The Morgan fingerprint density at radius 1 is 0.857 bits per heavy atom. The summed E-state index contributed by atoms with van der Waals surface area (Å²) in [5.41, 5.74) is 6.03. The normalized spacial score (nSPS) is 10.4. The van der Waals surface area contributed by atoms with E-state index in [1.165, 1.54) is 7.11 Å². The smallest absolute Gasteiger partial charge is 0.339 e. The molecule has 0 aliphatic carbocycles. The first-order chi connectivity index (χ1) is 13.2. The summed E-state index contributed by atoms with van der Waals surface area (Å²) in [4.78, 5) is 24.9. The molecule has 0 fully saturated rings. The van der Waals surface area contributed by atoms with E-state index >= 15 is 0 Å². The molecule has 28 heavy (non-hydrogen) atoms. The Morgan fingerprint density at radius 2 is 1.43 bits per heavy atom. The van der Waals surface area contributed by atoms with Crippen molar-refractivity contribution in [3.05, 3.63) is 51.6 Å². The summed E-state index contributed by atoms with van der Waals surface area (Å²) in [7, 11) is 3.04. The predicted molar refractivity (Wildman–Crippen MR) is 109 cm³/mol. The summed E-state index contributed by atoms with van der Waals surface area (Å²) in [5.74, 6) is 0.110. The van der Waals surface area contributed by atoms with Crippen LogP contribution in [0.25, 0.3) is 0 Å². The summed E-state index contributed by atoms with van der Waals surface area (Å²) in [6.07, 6.45) is 0. The first-order valence-corrected chi connectivity index (χ1v) is 8.97. The number of esters is 1. The molecular weight excluding hydrogens is 358 g/mol. The minimum atomic E-state index is -0.502. The highest BCUT2D eigenvalue weighted by Gasteiger charge is 2.20. The highest BCUT2D eigenvalue weighted by Crippen LogP contribution is 2.29. The SMILES string of the molecule is COc1ccc(NC(=O)COC(=O)c2c(C)c(C)c(C)c(C)c2C)c(OC)c1. The number of hydrogen-bond acceptors (Lipinski definition) is 5. The van der Waals surface area contributed by atoms with Crippen LogP contribution in [0.3, 0.4) is 0 Å². The summed E-state index contributed by atoms with van der Waals surface area (Å²) in [5, 5.41) is 2.68. The molecule has 0 radical (unpaired) electrons. The Morgan fingerprint density at radius 3 is 1.96 bits per heavy atom. The van der Waals surface area contributed by atoms with E-state index < -0.39 is 18.5 Å². The average molecular weight is 385 g/mol. The summed E-state index contributed by atoms with van der Waals surface area (Å²) < 4.78 is 15.7. The fourth-order valence-electron chi connectivity index (χ4n) is 3.10. The van der Waals surface area contributed by atoms with Crippen LogP contribution in [0.1, 0.15) is 38.2 Å². The van der Waals surface area contributed by atoms with Crippen LogP contribution in [0.4, 0.5) is 5.69 Å². The van der Waals surface area contributed by atoms with Crippen molar-refractivity contribution >= 4 is 17.6 Å². The van der Waals surface area contributed by atoms with Crippen LogP contribution in [0.5, 0.6) is 11.5 Å². The molecule has 0 heterocycles. The number of nitrogens with one attached hydrogen (secondary N) is 1. The lowest BCUT2D eigenvalue weighted by Crippen LogP contribution is -2.22. The molecule has 1 N–H and O–H groups in total. The number of carbonyl (C=O) groups excluding carboxylic acids is 2. The zero-order chi connectivity index (χ0) is 21.0. The first-order valence-electron chi connectivity index (χ1n) is 8.97. The molecule has 0 aliphatic heterocycles. The molecule has 2 rings (SSSR count). The van der Waals surface area contributed by atoms with Crippen molar-refractivity contribution in [1.29, 1.82) is 0 Å². The maximum atomic E-state index is 12.6. The number of amides is 1. The van der Waals surface area contributed by atoms with Crippen molar-refractivity contribution in [1.82, 2.24) is 0 Å². The van der Waals surface area contributed by atoms with Crippen LogP contribution in [-0.2, 0) is 9.53 Å². The van der Waals surface area contributed by atoms with Gasteiger partial charge in [0.1, 0.15) is 11.5 Å². The Labute approximate surface area is 165 Å². The van der Waals surface area contributed by atoms with Gasteiger partial charge in [-0.15, -0.1) is 0 Å². The second-order valence-corrected chi connectivity index (χ2v) is 6.69. The third-order valence-electron chi connectivity index (χ3n) is 5.22. The molecule has 0 aliphatic rings. The second kappa shape index (κ2) is 8.78. The Balaban J connectivity index is 2.11. The average Bonchev–Trinajstić information content (AvgIpc) is 2.69. The standard InChI is InChI=1S/C22H27NO5/c1-12-13(2)15(4)21(16(5)14(12)3)22(25)28-11-20(24)23-18-9-8-17(26-6)10-19(18)27-7/h8-10H,11H2,1-7H3,(H,23,24). The third-order valence-corrected chi connectivity index (χ3v) is 5.22. The van der Waals surface area contributed by atoms with Gasteiger partial charge in [-0.1, -0.05) is 0 Å². The lowest BCUT2D eigenvalue weighted by molar-refractivity contribution is -0.119. The van der Waals surface area contributed by atoms with E-state index in [1.807, 2.05) is 34.6 Å². The van der Waals surface area contributed by atoms with Crippen LogP contribution in [-0.4, -0.2) is 32.7 Å². The summed E-state index contributed by atoms with van der Waals surface area (Å²) >= 11 is 0. The molecule has 0 unspecified atom stereocenters. The van der Waals surface area contributed by atoms with Gasteiger partial charge in [0.05, 0.1) is 25.5 Å². The largest absolute Gasteiger partial charge is 0.497 e. The number of carbonyl (C=O) groups is 2. The van der Waals surface area contributed by atoms with E-state index in [0.717, 1.165) is 27.8 Å². The van der Waals surface area contributed by atoms with E-state index in [-0.39, 0.29) is 0 Å². The van der Waals surface area contributed by atoms with Crippen molar-refractivity contribution in [2.24, 2.45) is 0 Å². The topological polar surface area (TPSA) is 73.9 Å². The number of rotatable bonds is 6. The highest BCUT2D eigenvalue weighted by atomic mass is 16.5. The predicted octanol–water partition coefficient (Wildman–Crippen LogP) is 4.04. The van der Waals surface area contributed by atoms with Gasteiger partial charge < -0.3 is 19.5 Å². The zero-order valence-corrected chi connectivity index (χ0v) is 17.5. The van der Waals surface area contributed by atoms with E-state index in [1.54, 1.807) is 25.3 Å². The number of hydrogen-bond donors (Lipinski definition) is 1. The zero-order valence-electron chi connectivity index (χ0n) is 17.5. The molecule has 0 saturated heterocycles. The van der Waals surface area contributed by atoms with Crippen LogP contribution in [0.2, 0.25) is 0 Å². The molecule has 2 aromatic carbocycles. The van der Waals surface area contributed by atoms with Crippen molar-refractivity contribution in [3.63, 3.8) is 0 Å². The second-order valence-electron chi connectivity index (χ2n) is 6.69. The Bertz CT molecular complexity index is 889. The summed E-state index contributed by atoms with van der Waals surface area (Å²) in [6.45, 7) is 9.41. The fraction of sp³-hybridized carbons (Fsp3) is 0.364. The lowest BCUT2D eigenvalue weighted by Gasteiger charge is -2.17. The first kappa shape index (κ1) is 21.3. The van der Waals surface area contributed by atoms with Gasteiger partial charge in [-0.3, -0.25) is 4.79 Å². The molecule has 6 nitrogen and oxygen atoms in total. The van der Waals surface area contributed by atoms with Crippen molar-refractivity contribution < 1.29 is 23.8 Å². The van der Waals surface area contributed by atoms with Crippen LogP contribution < -0.4 is 14.8 Å². The van der Waals surface area contributed by atoms with Gasteiger partial charge >= 0.3 is 5.97 Å². The van der Waals surface area contributed by atoms with Crippen LogP contribution in [0, 0.1) is 34.6 Å². The van der Waals surface area contributed by atoms with Gasteiger partial charge in [0.25, 0.3) is 5.91 Å². The number of ether oxygens (including phenoxy) is 3. The third kappa shape index (κ3) is 4.27. The van der Waals surface area contributed by atoms with Crippen molar-refractivity contribution in [2.45, 2.75) is 34.6 Å². The fourth-order valence-corrected chi connectivity index (χ4v) is 3.10. The molecular formula is C22H27NO5. The minimum absolute atomic E-state index is 0.390. The van der Waals surface area contributed by atoms with Gasteiger partial charge in [0.15, 0.2) is 6.61 Å². The van der Waals surface area contributed by atoms with Crippen LogP contribution >= 0.6 is 0 Å². The number of benzene rings is 2. The van der Waals surface area contributed by atoms with Crippen molar-refractivity contribution in [3.8, 4) is 11.5 Å². The van der Waals surface area contributed by atoms with Gasteiger partial charge in [0.2, 0.25) is 0 Å². The van der Waals surface area contributed by atoms with E-state index in [0.29, 0.717) is 22.7 Å². The molecule has 0 spiro atoms. The Kier molecular flexibility index (Phi) is 6.67. The van der Waals surface area contributed by atoms with Crippen molar-refractivity contribution in [2.75, 3.05) is 26.1 Å². The lowest BCUT2D eigenvalue weighted by atomic mass is 9.90. The van der Waals surface area contributed by atoms with E-state index in [4.69, 9.17) is 14.2 Å². The molecule has 2 aromatic rings. The highest BCUT2D eigenvalue weighted by molar-refractivity contribution is 5.98. The monoisotopic (exact) mass is 385 g/mol. The molecule has 0 saturated carbocycles. The molecule has 0 atom stereocenters. The van der Waals surface area contributed by atoms with E-state index in [9.17, 15) is 9.59 Å². The number of methoxy groups -OCH3 is 2. The van der Waals surface area contributed by atoms with Crippen LogP contribution in [0.15, 0.2) is 18.2 Å². The van der Waals surface area contributed by atoms with E-state index in [2.05, 4.69) is 5.32 Å². The quantitative estimate of drug-likeness (QED) is 0.760. The molecule has 0 bridgehead atoms. The number of anilines is 1. The van der Waals surface area contributed by atoms with Gasteiger partial charge in [-0.25, -0.2) is 4.79 Å². The minimum Gasteiger partial charge on any atom is -0.497 e. The van der Waals surface area contributed by atoms with Gasteiger partial charge in [-0.2, -0.15) is 0 Å². The maximum absolute atomic E-state index is 12.6. The molecule has 150 valence electrons. The molecule has 0 aromatic heterocycles. The van der Waals surface area contributed by atoms with Gasteiger partial charge in [0, 0.05) is 6.07 Å². The Hall–Kier alpha value is -3.02.